The number of rotatable bonds is 4. The summed E-state index contributed by atoms with van der Waals surface area (Å²) in [5.41, 5.74) is 2.60. The molecule has 0 bridgehead atoms. The summed E-state index contributed by atoms with van der Waals surface area (Å²) in [7, 11) is 0. The Morgan fingerprint density at radius 3 is 2.67 bits per heavy atom. The second kappa shape index (κ2) is 6.25. The third-order valence-electron chi connectivity index (χ3n) is 3.63. The van der Waals surface area contributed by atoms with E-state index in [0.717, 1.165) is 15.8 Å². The number of benzene rings is 2. The Hall–Kier alpha value is -2.99. The summed E-state index contributed by atoms with van der Waals surface area (Å²) in [5, 5.41) is 7.65. The first-order valence-corrected chi connectivity index (χ1v) is 8.33. The highest BCUT2D eigenvalue weighted by atomic mass is 32.1. The molecule has 0 unspecified atom stereocenters. The largest absolute Gasteiger partial charge is 0.298 e. The van der Waals surface area contributed by atoms with Gasteiger partial charge in [0, 0.05) is 18.0 Å². The zero-order chi connectivity index (χ0) is 16.4. The number of aromatic nitrogens is 3. The van der Waals surface area contributed by atoms with Crippen LogP contribution in [0.5, 0.6) is 0 Å². The number of hydrogen-bond acceptors (Lipinski definition) is 4. The van der Waals surface area contributed by atoms with Gasteiger partial charge in [0.1, 0.15) is 0 Å². The summed E-state index contributed by atoms with van der Waals surface area (Å²) in [6.45, 7) is 0.687. The standard InChI is InChI=1S/C18H14N4OS/c23-17(21-18-20-15-4-1-2-5-16(15)24-18)14-8-6-13(7-9-14)12-22-11-3-10-19-22/h1-11H,12H2,(H,20,21,23). The van der Waals surface area contributed by atoms with Gasteiger partial charge in [-0.05, 0) is 35.9 Å². The average molecular weight is 334 g/mol. The molecule has 0 atom stereocenters. The molecule has 4 rings (SSSR count). The van der Waals surface area contributed by atoms with Gasteiger partial charge < -0.3 is 0 Å². The number of nitrogens with zero attached hydrogens (tertiary/aromatic N) is 3. The molecule has 0 aliphatic carbocycles. The first-order chi connectivity index (χ1) is 11.8. The van der Waals surface area contributed by atoms with E-state index in [1.54, 1.807) is 6.20 Å². The van der Waals surface area contributed by atoms with Gasteiger partial charge in [0.2, 0.25) is 0 Å². The van der Waals surface area contributed by atoms with Gasteiger partial charge in [-0.1, -0.05) is 35.6 Å². The summed E-state index contributed by atoms with van der Waals surface area (Å²) in [6, 6.07) is 17.2. The first-order valence-electron chi connectivity index (χ1n) is 7.51. The van der Waals surface area contributed by atoms with Crippen LogP contribution in [0.1, 0.15) is 15.9 Å². The Labute approximate surface area is 142 Å². The number of para-hydroxylation sites is 1. The quantitative estimate of drug-likeness (QED) is 0.617. The summed E-state index contributed by atoms with van der Waals surface area (Å²) >= 11 is 1.47. The van der Waals surface area contributed by atoms with E-state index in [0.29, 0.717) is 17.2 Å². The lowest BCUT2D eigenvalue weighted by molar-refractivity contribution is 0.102. The molecule has 118 valence electrons. The molecule has 4 aromatic rings. The average Bonchev–Trinajstić information content (AvgIpc) is 3.24. The van der Waals surface area contributed by atoms with Crippen LogP contribution >= 0.6 is 11.3 Å². The normalized spacial score (nSPS) is 10.8. The summed E-state index contributed by atoms with van der Waals surface area (Å²) in [5.74, 6) is -0.153. The second-order valence-electron chi connectivity index (χ2n) is 5.34. The van der Waals surface area contributed by atoms with Gasteiger partial charge in [0.15, 0.2) is 5.13 Å². The molecule has 6 heteroatoms. The number of carbonyl (C=O) groups excluding carboxylic acids is 1. The van der Waals surface area contributed by atoms with Gasteiger partial charge in [-0.2, -0.15) is 5.10 Å². The monoisotopic (exact) mass is 334 g/mol. The lowest BCUT2D eigenvalue weighted by Crippen LogP contribution is -2.11. The fourth-order valence-electron chi connectivity index (χ4n) is 2.44. The highest BCUT2D eigenvalue weighted by Crippen LogP contribution is 2.25. The van der Waals surface area contributed by atoms with Crippen molar-refractivity contribution >= 4 is 32.6 Å². The predicted molar refractivity (Wildman–Crippen MR) is 95.3 cm³/mol. The predicted octanol–water partition coefficient (Wildman–Crippen LogP) is 3.79. The van der Waals surface area contributed by atoms with E-state index >= 15 is 0 Å². The van der Waals surface area contributed by atoms with Crippen LogP contribution in [0.25, 0.3) is 10.2 Å². The Bertz CT molecular complexity index is 941. The van der Waals surface area contributed by atoms with E-state index < -0.39 is 0 Å². The first kappa shape index (κ1) is 14.6. The van der Waals surface area contributed by atoms with Crippen LogP contribution in [-0.2, 0) is 6.54 Å². The third-order valence-corrected chi connectivity index (χ3v) is 4.59. The van der Waals surface area contributed by atoms with Gasteiger partial charge in [0.25, 0.3) is 5.91 Å². The van der Waals surface area contributed by atoms with Crippen LogP contribution < -0.4 is 5.32 Å². The molecule has 0 saturated heterocycles. The molecule has 1 N–H and O–H groups in total. The van der Waals surface area contributed by atoms with Gasteiger partial charge in [0.05, 0.1) is 16.8 Å². The maximum atomic E-state index is 12.4. The van der Waals surface area contributed by atoms with Crippen molar-refractivity contribution in [2.45, 2.75) is 6.54 Å². The molecule has 0 aliphatic heterocycles. The van der Waals surface area contributed by atoms with E-state index in [4.69, 9.17) is 0 Å². The topological polar surface area (TPSA) is 59.8 Å². The van der Waals surface area contributed by atoms with Crippen molar-refractivity contribution in [3.63, 3.8) is 0 Å². The maximum Gasteiger partial charge on any atom is 0.257 e. The number of anilines is 1. The van der Waals surface area contributed by atoms with Gasteiger partial charge in [-0.25, -0.2) is 4.98 Å². The van der Waals surface area contributed by atoms with E-state index in [9.17, 15) is 4.79 Å². The molecular weight excluding hydrogens is 320 g/mol. The van der Waals surface area contributed by atoms with E-state index in [2.05, 4.69) is 15.4 Å². The fourth-order valence-corrected chi connectivity index (χ4v) is 3.30. The Balaban J connectivity index is 1.47. The fraction of sp³-hybridized carbons (Fsp3) is 0.0556. The number of nitrogens with one attached hydrogen (secondary N) is 1. The molecule has 2 aromatic carbocycles. The van der Waals surface area contributed by atoms with Crippen molar-refractivity contribution in [1.29, 1.82) is 0 Å². The minimum Gasteiger partial charge on any atom is -0.298 e. The van der Waals surface area contributed by atoms with Crippen LogP contribution in [0, 0.1) is 0 Å². The molecule has 0 spiro atoms. The Morgan fingerprint density at radius 2 is 1.92 bits per heavy atom. The number of thiazole rings is 1. The molecule has 2 heterocycles. The smallest absolute Gasteiger partial charge is 0.257 e. The van der Waals surface area contributed by atoms with E-state index in [-0.39, 0.29) is 5.91 Å². The second-order valence-corrected chi connectivity index (χ2v) is 6.37. The van der Waals surface area contributed by atoms with Crippen LogP contribution in [0.4, 0.5) is 5.13 Å². The number of amides is 1. The van der Waals surface area contributed by atoms with Crippen LogP contribution in [0.3, 0.4) is 0 Å². The number of fused-ring (bicyclic) bond motifs is 1. The van der Waals surface area contributed by atoms with Crippen molar-refractivity contribution in [2.24, 2.45) is 0 Å². The van der Waals surface area contributed by atoms with Crippen molar-refractivity contribution in [3.8, 4) is 0 Å². The van der Waals surface area contributed by atoms with E-state index in [1.807, 2.05) is 65.5 Å². The van der Waals surface area contributed by atoms with E-state index in [1.165, 1.54) is 11.3 Å². The van der Waals surface area contributed by atoms with Gasteiger partial charge in [-0.15, -0.1) is 0 Å². The zero-order valence-corrected chi connectivity index (χ0v) is 13.5. The highest BCUT2D eigenvalue weighted by molar-refractivity contribution is 7.22. The molecular formula is C18H14N4OS. The molecule has 0 radical (unpaired) electrons. The van der Waals surface area contributed by atoms with Crippen LogP contribution in [0.15, 0.2) is 67.0 Å². The van der Waals surface area contributed by atoms with Crippen molar-refractivity contribution < 1.29 is 4.79 Å². The van der Waals surface area contributed by atoms with Crippen LogP contribution in [0.2, 0.25) is 0 Å². The third kappa shape index (κ3) is 3.04. The summed E-state index contributed by atoms with van der Waals surface area (Å²) in [6.07, 6.45) is 3.66. The summed E-state index contributed by atoms with van der Waals surface area (Å²) < 4.78 is 2.90. The molecule has 24 heavy (non-hydrogen) atoms. The molecule has 1 amide bonds. The van der Waals surface area contributed by atoms with Gasteiger partial charge in [-0.3, -0.25) is 14.8 Å². The SMILES string of the molecule is O=C(Nc1nc2ccccc2s1)c1ccc(Cn2cccn2)cc1. The Kier molecular flexibility index (Phi) is 3.80. The minimum atomic E-state index is -0.153. The van der Waals surface area contributed by atoms with Crippen molar-refractivity contribution in [2.75, 3.05) is 5.32 Å². The Morgan fingerprint density at radius 1 is 1.08 bits per heavy atom. The van der Waals surface area contributed by atoms with Crippen molar-refractivity contribution in [3.05, 3.63) is 78.1 Å². The van der Waals surface area contributed by atoms with Crippen molar-refractivity contribution in [1.82, 2.24) is 14.8 Å². The molecule has 2 aromatic heterocycles. The molecule has 0 aliphatic rings. The number of hydrogen-bond donors (Lipinski definition) is 1. The lowest BCUT2D eigenvalue weighted by atomic mass is 10.1. The highest BCUT2D eigenvalue weighted by Gasteiger charge is 2.09. The molecule has 0 fully saturated rings. The zero-order valence-electron chi connectivity index (χ0n) is 12.7. The maximum absolute atomic E-state index is 12.4. The summed E-state index contributed by atoms with van der Waals surface area (Å²) in [4.78, 5) is 16.8. The van der Waals surface area contributed by atoms with Crippen LogP contribution in [-0.4, -0.2) is 20.7 Å². The minimum absolute atomic E-state index is 0.153. The lowest BCUT2D eigenvalue weighted by Gasteiger charge is -2.04. The number of carbonyl (C=O) groups is 1. The van der Waals surface area contributed by atoms with Gasteiger partial charge >= 0.3 is 0 Å². The molecule has 0 saturated carbocycles. The molecule has 5 nitrogen and oxygen atoms in total.